The SMILES string of the molecule is C#Cc1cccc(C(=O)O)c1-n1c(C)ccc1C.C1CC1. The molecule has 1 aromatic carbocycles. The maximum atomic E-state index is 11.3. The Hall–Kier alpha value is -2.47. The number of hydrogen-bond acceptors (Lipinski definition) is 1. The predicted molar refractivity (Wildman–Crippen MR) is 84.0 cm³/mol. The average molecular weight is 281 g/mol. The maximum Gasteiger partial charge on any atom is 0.337 e. The van der Waals surface area contributed by atoms with Gasteiger partial charge in [0, 0.05) is 17.0 Å². The summed E-state index contributed by atoms with van der Waals surface area (Å²) in [5.74, 6) is 1.57. The van der Waals surface area contributed by atoms with Crippen LogP contribution in [0.15, 0.2) is 30.3 Å². The van der Waals surface area contributed by atoms with E-state index >= 15 is 0 Å². The molecule has 0 saturated heterocycles. The van der Waals surface area contributed by atoms with E-state index in [1.54, 1.807) is 18.2 Å². The molecule has 1 aliphatic carbocycles. The van der Waals surface area contributed by atoms with E-state index in [0.29, 0.717) is 11.3 Å². The molecule has 1 N–H and O–H groups in total. The number of rotatable bonds is 2. The molecule has 0 atom stereocenters. The highest BCUT2D eigenvalue weighted by Gasteiger charge is 2.17. The van der Waals surface area contributed by atoms with Gasteiger partial charge in [-0.3, -0.25) is 0 Å². The molecule has 0 spiro atoms. The molecule has 1 aliphatic rings. The normalized spacial score (nSPS) is 12.0. The lowest BCUT2D eigenvalue weighted by molar-refractivity contribution is 0.0697. The summed E-state index contributed by atoms with van der Waals surface area (Å²) in [6.45, 7) is 3.85. The first-order valence-electron chi connectivity index (χ1n) is 7.04. The number of nitrogens with zero attached hydrogens (tertiary/aromatic N) is 1. The highest BCUT2D eigenvalue weighted by atomic mass is 16.4. The zero-order chi connectivity index (χ0) is 15.4. The number of terminal acetylenes is 1. The van der Waals surface area contributed by atoms with Crippen LogP contribution < -0.4 is 0 Å². The molecule has 1 aromatic heterocycles. The summed E-state index contributed by atoms with van der Waals surface area (Å²) in [5, 5.41) is 9.28. The van der Waals surface area contributed by atoms with Gasteiger partial charge in [-0.1, -0.05) is 31.2 Å². The predicted octanol–water partition coefficient (Wildman–Crippen LogP) is 3.94. The largest absolute Gasteiger partial charge is 0.478 e. The van der Waals surface area contributed by atoms with E-state index in [0.717, 1.165) is 11.4 Å². The highest BCUT2D eigenvalue weighted by Crippen LogP contribution is 2.24. The molecule has 2 aromatic rings. The summed E-state index contributed by atoms with van der Waals surface area (Å²) in [6.07, 6.45) is 9.97. The Morgan fingerprint density at radius 3 is 2.14 bits per heavy atom. The molecule has 0 bridgehead atoms. The minimum Gasteiger partial charge on any atom is -0.478 e. The molecule has 21 heavy (non-hydrogen) atoms. The topological polar surface area (TPSA) is 42.2 Å². The zero-order valence-electron chi connectivity index (χ0n) is 12.4. The van der Waals surface area contributed by atoms with Gasteiger partial charge in [0.25, 0.3) is 0 Å². The third-order valence-electron chi connectivity index (χ3n) is 3.27. The second kappa shape index (κ2) is 6.32. The van der Waals surface area contributed by atoms with Crippen LogP contribution >= 0.6 is 0 Å². The van der Waals surface area contributed by atoms with Crippen LogP contribution in [0.3, 0.4) is 0 Å². The van der Waals surface area contributed by atoms with Gasteiger partial charge in [0.15, 0.2) is 0 Å². The molecule has 108 valence electrons. The van der Waals surface area contributed by atoms with Crippen LogP contribution in [0.4, 0.5) is 0 Å². The summed E-state index contributed by atoms with van der Waals surface area (Å²) in [6, 6.07) is 8.86. The van der Waals surface area contributed by atoms with E-state index in [9.17, 15) is 9.90 Å². The Kier molecular flexibility index (Phi) is 4.49. The van der Waals surface area contributed by atoms with Gasteiger partial charge in [-0.15, -0.1) is 6.42 Å². The van der Waals surface area contributed by atoms with Gasteiger partial charge in [0.05, 0.1) is 11.3 Å². The van der Waals surface area contributed by atoms with Crippen molar-refractivity contribution >= 4 is 5.97 Å². The van der Waals surface area contributed by atoms with Crippen molar-refractivity contribution in [1.82, 2.24) is 4.57 Å². The van der Waals surface area contributed by atoms with Crippen LogP contribution in [0.2, 0.25) is 0 Å². The van der Waals surface area contributed by atoms with Crippen LogP contribution in [0, 0.1) is 26.2 Å². The van der Waals surface area contributed by atoms with Gasteiger partial charge in [-0.25, -0.2) is 4.79 Å². The van der Waals surface area contributed by atoms with Gasteiger partial charge in [-0.2, -0.15) is 0 Å². The number of aromatic carboxylic acids is 1. The summed E-state index contributed by atoms with van der Waals surface area (Å²) >= 11 is 0. The third kappa shape index (κ3) is 3.35. The molecule has 0 radical (unpaired) electrons. The number of benzene rings is 1. The molecule has 0 amide bonds. The second-order valence-electron chi connectivity index (χ2n) is 5.16. The molecule has 1 fully saturated rings. The molecule has 0 aliphatic heterocycles. The van der Waals surface area contributed by atoms with Crippen LogP contribution in [-0.4, -0.2) is 15.6 Å². The molecule has 3 rings (SSSR count). The minimum absolute atomic E-state index is 0.216. The van der Waals surface area contributed by atoms with Gasteiger partial charge >= 0.3 is 5.97 Å². The Balaban J connectivity index is 0.000000477. The first kappa shape index (κ1) is 14.9. The Morgan fingerprint density at radius 1 is 1.14 bits per heavy atom. The molecule has 3 heteroatoms. The van der Waals surface area contributed by atoms with Crippen LogP contribution in [0.5, 0.6) is 0 Å². The van der Waals surface area contributed by atoms with Gasteiger partial charge in [0.2, 0.25) is 0 Å². The van der Waals surface area contributed by atoms with Crippen molar-refractivity contribution in [3.63, 3.8) is 0 Å². The molecular weight excluding hydrogens is 262 g/mol. The molecule has 1 saturated carbocycles. The van der Waals surface area contributed by atoms with Crippen molar-refractivity contribution < 1.29 is 9.90 Å². The fraction of sp³-hybridized carbons (Fsp3) is 0.278. The van der Waals surface area contributed by atoms with Crippen molar-refractivity contribution in [2.75, 3.05) is 0 Å². The van der Waals surface area contributed by atoms with Gasteiger partial charge < -0.3 is 9.67 Å². The molecule has 1 heterocycles. The number of para-hydroxylation sites is 1. The van der Waals surface area contributed by atoms with Crippen molar-refractivity contribution in [2.24, 2.45) is 0 Å². The summed E-state index contributed by atoms with van der Waals surface area (Å²) in [4.78, 5) is 11.3. The Labute approximate surface area is 125 Å². The summed E-state index contributed by atoms with van der Waals surface area (Å²) in [7, 11) is 0. The quantitative estimate of drug-likeness (QED) is 0.847. The van der Waals surface area contributed by atoms with E-state index in [2.05, 4.69) is 5.92 Å². The van der Waals surface area contributed by atoms with E-state index in [1.807, 2.05) is 30.5 Å². The van der Waals surface area contributed by atoms with Crippen molar-refractivity contribution in [3.05, 3.63) is 52.8 Å². The Bertz CT molecular complexity index is 680. The fourth-order valence-corrected chi connectivity index (χ4v) is 2.09. The molecular formula is C18H19NO2. The zero-order valence-corrected chi connectivity index (χ0v) is 12.4. The third-order valence-corrected chi connectivity index (χ3v) is 3.27. The lowest BCUT2D eigenvalue weighted by atomic mass is 10.1. The summed E-state index contributed by atoms with van der Waals surface area (Å²) in [5.41, 5.74) is 3.27. The summed E-state index contributed by atoms with van der Waals surface area (Å²) < 4.78 is 1.87. The average Bonchev–Trinajstić information content (AvgIpc) is 3.30. The maximum absolute atomic E-state index is 11.3. The van der Waals surface area contributed by atoms with Crippen molar-refractivity contribution in [3.8, 4) is 18.0 Å². The number of carbonyl (C=O) groups is 1. The molecule has 0 unspecified atom stereocenters. The van der Waals surface area contributed by atoms with Gasteiger partial charge in [-0.05, 0) is 38.1 Å². The minimum atomic E-state index is -0.977. The van der Waals surface area contributed by atoms with Crippen molar-refractivity contribution in [1.29, 1.82) is 0 Å². The van der Waals surface area contributed by atoms with E-state index < -0.39 is 5.97 Å². The van der Waals surface area contributed by atoms with Crippen LogP contribution in [-0.2, 0) is 0 Å². The first-order valence-corrected chi connectivity index (χ1v) is 7.04. The fourth-order valence-electron chi connectivity index (χ4n) is 2.09. The molecule has 3 nitrogen and oxygen atoms in total. The number of aryl methyl sites for hydroxylation is 2. The Morgan fingerprint density at radius 2 is 1.71 bits per heavy atom. The number of hydrogen-bond donors (Lipinski definition) is 1. The standard InChI is InChI=1S/C15H13NO2.C3H6/c1-4-12-6-5-7-13(15(17)18)14(12)16-10(2)8-9-11(16)3;1-2-3-1/h1,5-9H,2-3H3,(H,17,18);1-3H2. The smallest absolute Gasteiger partial charge is 0.337 e. The lowest BCUT2D eigenvalue weighted by Crippen LogP contribution is -2.09. The number of aromatic nitrogens is 1. The monoisotopic (exact) mass is 281 g/mol. The van der Waals surface area contributed by atoms with Crippen LogP contribution in [0.1, 0.15) is 46.6 Å². The van der Waals surface area contributed by atoms with Crippen LogP contribution in [0.25, 0.3) is 5.69 Å². The second-order valence-corrected chi connectivity index (χ2v) is 5.16. The van der Waals surface area contributed by atoms with E-state index in [1.165, 1.54) is 19.3 Å². The number of carboxylic acid groups (broad SMARTS) is 1. The van der Waals surface area contributed by atoms with Crippen molar-refractivity contribution in [2.45, 2.75) is 33.1 Å². The van der Waals surface area contributed by atoms with E-state index in [-0.39, 0.29) is 5.56 Å². The highest BCUT2D eigenvalue weighted by molar-refractivity contribution is 5.93. The van der Waals surface area contributed by atoms with E-state index in [4.69, 9.17) is 6.42 Å². The lowest BCUT2D eigenvalue weighted by Gasteiger charge is -2.14. The van der Waals surface area contributed by atoms with Gasteiger partial charge in [0.1, 0.15) is 0 Å². The number of carboxylic acids is 1. The first-order chi connectivity index (χ1) is 10.1.